The zero-order valence-electron chi connectivity index (χ0n) is 14.7. The lowest BCUT2D eigenvalue weighted by Crippen LogP contribution is -2.23. The van der Waals surface area contributed by atoms with E-state index < -0.39 is 6.09 Å². The van der Waals surface area contributed by atoms with Crippen molar-refractivity contribution in [2.24, 2.45) is 0 Å². The Kier molecular flexibility index (Phi) is 5.98. The van der Waals surface area contributed by atoms with Crippen LogP contribution in [0.3, 0.4) is 0 Å². The van der Waals surface area contributed by atoms with E-state index in [1.54, 1.807) is 25.3 Å². The summed E-state index contributed by atoms with van der Waals surface area (Å²) >= 11 is 2.80. The summed E-state index contributed by atoms with van der Waals surface area (Å²) in [4.78, 5) is 17.7. The molecule has 0 bridgehead atoms. The van der Waals surface area contributed by atoms with E-state index in [-0.39, 0.29) is 12.4 Å². The quantitative estimate of drug-likeness (QED) is 0.610. The van der Waals surface area contributed by atoms with Crippen molar-refractivity contribution < 1.29 is 19.0 Å². The Hall–Kier alpha value is -2.58. The Balaban J connectivity index is 2.00. The molecular formula is C19H17FN2O3S2. The Morgan fingerprint density at radius 2 is 2.07 bits per heavy atom. The van der Waals surface area contributed by atoms with Crippen molar-refractivity contribution in [3.8, 4) is 17.0 Å². The number of methoxy groups -OCH3 is 1. The van der Waals surface area contributed by atoms with Crippen molar-refractivity contribution in [2.45, 2.75) is 15.6 Å². The average molecular weight is 404 g/mol. The molecule has 0 aliphatic rings. The summed E-state index contributed by atoms with van der Waals surface area (Å²) < 4.78 is 20.4. The summed E-state index contributed by atoms with van der Waals surface area (Å²) in [5.74, 6) is 0.358. The highest BCUT2D eigenvalue weighted by Gasteiger charge is 2.19. The summed E-state index contributed by atoms with van der Waals surface area (Å²) in [5, 5.41) is 9.70. The summed E-state index contributed by atoms with van der Waals surface area (Å²) in [7, 11) is 3.07. The van der Waals surface area contributed by atoms with Gasteiger partial charge in [-0.15, -0.1) is 11.3 Å². The highest BCUT2D eigenvalue weighted by molar-refractivity contribution is 8.01. The number of nitrogens with zero attached hydrogens (tertiary/aromatic N) is 2. The van der Waals surface area contributed by atoms with E-state index in [9.17, 15) is 9.18 Å². The Morgan fingerprint density at radius 3 is 2.78 bits per heavy atom. The molecule has 0 saturated heterocycles. The van der Waals surface area contributed by atoms with Crippen LogP contribution in [0.4, 0.5) is 9.18 Å². The molecule has 0 aliphatic carbocycles. The van der Waals surface area contributed by atoms with Gasteiger partial charge < -0.3 is 14.7 Å². The number of thiazole rings is 1. The maximum atomic E-state index is 14.3. The fraction of sp³-hybridized carbons (Fsp3) is 0.158. The van der Waals surface area contributed by atoms with Crippen molar-refractivity contribution in [2.75, 3.05) is 14.2 Å². The van der Waals surface area contributed by atoms with Crippen LogP contribution in [0.25, 0.3) is 11.3 Å². The molecule has 0 atom stereocenters. The van der Waals surface area contributed by atoms with Crippen molar-refractivity contribution in [1.29, 1.82) is 0 Å². The normalized spacial score (nSPS) is 10.6. The standard InChI is InChI=1S/C19H17FN2O3S2/c1-22(19(23)24)11-16-21-17(14-8-3-4-9-15(14)20)18(27-16)26-13-7-5-6-12(10-13)25-2/h3-10H,11H2,1-2H3,(H,23,24). The Morgan fingerprint density at radius 1 is 1.30 bits per heavy atom. The van der Waals surface area contributed by atoms with Crippen molar-refractivity contribution in [3.05, 3.63) is 59.4 Å². The largest absolute Gasteiger partial charge is 0.497 e. The van der Waals surface area contributed by atoms with Gasteiger partial charge >= 0.3 is 6.09 Å². The molecule has 0 aliphatic heterocycles. The van der Waals surface area contributed by atoms with Gasteiger partial charge in [0.05, 0.1) is 23.6 Å². The number of halogens is 1. The van der Waals surface area contributed by atoms with Crippen LogP contribution in [0, 0.1) is 5.82 Å². The fourth-order valence-electron chi connectivity index (χ4n) is 2.35. The number of ether oxygens (including phenoxy) is 1. The zero-order chi connectivity index (χ0) is 19.4. The predicted octanol–water partition coefficient (Wildman–Crippen LogP) is 5.22. The maximum Gasteiger partial charge on any atom is 0.407 e. The molecule has 3 aromatic rings. The molecule has 5 nitrogen and oxygen atoms in total. The zero-order valence-corrected chi connectivity index (χ0v) is 16.3. The van der Waals surface area contributed by atoms with Gasteiger partial charge in [-0.1, -0.05) is 30.0 Å². The van der Waals surface area contributed by atoms with Gasteiger partial charge in [0.2, 0.25) is 0 Å². The van der Waals surface area contributed by atoms with Gasteiger partial charge in [-0.05, 0) is 30.3 Å². The van der Waals surface area contributed by atoms with Gasteiger partial charge in [-0.3, -0.25) is 0 Å². The van der Waals surface area contributed by atoms with E-state index in [1.807, 2.05) is 24.3 Å². The van der Waals surface area contributed by atoms with E-state index in [4.69, 9.17) is 9.84 Å². The molecule has 27 heavy (non-hydrogen) atoms. The minimum absolute atomic E-state index is 0.139. The average Bonchev–Trinajstić information content (AvgIpc) is 3.04. The van der Waals surface area contributed by atoms with Gasteiger partial charge in [0.25, 0.3) is 0 Å². The SMILES string of the molecule is COc1cccc(Sc2sc(CN(C)C(=O)O)nc2-c2ccccc2F)c1. The summed E-state index contributed by atoms with van der Waals surface area (Å²) in [5.41, 5.74) is 0.906. The molecule has 0 saturated carbocycles. The first-order valence-electron chi connectivity index (χ1n) is 7.98. The molecule has 8 heteroatoms. The molecule has 0 unspecified atom stereocenters. The summed E-state index contributed by atoms with van der Waals surface area (Å²) in [6, 6.07) is 14.0. The smallest absolute Gasteiger partial charge is 0.407 e. The maximum absolute atomic E-state index is 14.3. The van der Waals surface area contributed by atoms with Crippen LogP contribution >= 0.6 is 23.1 Å². The van der Waals surface area contributed by atoms with Gasteiger partial charge in [0.1, 0.15) is 16.6 Å². The monoisotopic (exact) mass is 404 g/mol. The van der Waals surface area contributed by atoms with Gasteiger partial charge in [0.15, 0.2) is 0 Å². The molecule has 0 spiro atoms. The van der Waals surface area contributed by atoms with Gasteiger partial charge in [0, 0.05) is 17.5 Å². The third kappa shape index (κ3) is 4.58. The highest BCUT2D eigenvalue weighted by Crippen LogP contribution is 2.41. The first kappa shape index (κ1) is 19.2. The molecule has 140 valence electrons. The van der Waals surface area contributed by atoms with E-state index in [0.29, 0.717) is 16.3 Å². The highest BCUT2D eigenvalue weighted by atomic mass is 32.2. The van der Waals surface area contributed by atoms with Crippen LogP contribution < -0.4 is 4.74 Å². The Labute approximate surface area is 164 Å². The van der Waals surface area contributed by atoms with Crippen LogP contribution in [0.1, 0.15) is 5.01 Å². The van der Waals surface area contributed by atoms with Crippen LogP contribution in [0.5, 0.6) is 5.75 Å². The van der Waals surface area contributed by atoms with Crippen molar-refractivity contribution in [1.82, 2.24) is 9.88 Å². The number of hydrogen-bond acceptors (Lipinski definition) is 5. The lowest BCUT2D eigenvalue weighted by molar-refractivity contribution is 0.153. The van der Waals surface area contributed by atoms with Crippen LogP contribution in [0.2, 0.25) is 0 Å². The molecular weight excluding hydrogens is 387 g/mol. The second kappa shape index (κ2) is 8.41. The molecule has 1 aromatic heterocycles. The van der Waals surface area contributed by atoms with Crippen LogP contribution in [-0.4, -0.2) is 35.2 Å². The molecule has 1 amide bonds. The molecule has 0 radical (unpaired) electrons. The summed E-state index contributed by atoms with van der Waals surface area (Å²) in [6.45, 7) is 0.139. The predicted molar refractivity (Wildman–Crippen MR) is 104 cm³/mol. The minimum Gasteiger partial charge on any atom is -0.497 e. The van der Waals surface area contributed by atoms with E-state index >= 15 is 0 Å². The molecule has 1 heterocycles. The Bertz CT molecular complexity index is 962. The van der Waals surface area contributed by atoms with Gasteiger partial charge in [-0.2, -0.15) is 0 Å². The number of hydrogen-bond donors (Lipinski definition) is 1. The third-order valence-electron chi connectivity index (χ3n) is 3.72. The van der Waals surface area contributed by atoms with Crippen molar-refractivity contribution >= 4 is 29.2 Å². The number of carboxylic acid groups (broad SMARTS) is 1. The van der Waals surface area contributed by atoms with Crippen LogP contribution in [-0.2, 0) is 6.54 Å². The topological polar surface area (TPSA) is 62.7 Å². The minimum atomic E-state index is -1.04. The first-order valence-corrected chi connectivity index (χ1v) is 9.62. The second-order valence-corrected chi connectivity index (χ2v) is 8.07. The first-order chi connectivity index (χ1) is 13.0. The van der Waals surface area contributed by atoms with Crippen molar-refractivity contribution in [3.63, 3.8) is 0 Å². The number of aromatic nitrogens is 1. The number of benzene rings is 2. The van der Waals surface area contributed by atoms with E-state index in [1.165, 1.54) is 36.2 Å². The number of amides is 1. The molecule has 2 aromatic carbocycles. The number of carbonyl (C=O) groups is 1. The lowest BCUT2D eigenvalue weighted by atomic mass is 10.1. The van der Waals surface area contributed by atoms with Gasteiger partial charge in [-0.25, -0.2) is 14.2 Å². The van der Waals surface area contributed by atoms with Crippen LogP contribution in [0.15, 0.2) is 57.6 Å². The molecule has 3 rings (SSSR count). The van der Waals surface area contributed by atoms with E-state index in [0.717, 1.165) is 19.8 Å². The lowest BCUT2D eigenvalue weighted by Gasteiger charge is -2.09. The van der Waals surface area contributed by atoms with E-state index in [2.05, 4.69) is 4.98 Å². The second-order valence-electron chi connectivity index (χ2n) is 5.64. The molecule has 0 fully saturated rings. The number of rotatable bonds is 6. The molecule has 1 N–H and O–H groups in total. The summed E-state index contributed by atoms with van der Waals surface area (Å²) in [6.07, 6.45) is -1.04. The fourth-order valence-corrected chi connectivity index (χ4v) is 4.74. The third-order valence-corrected chi connectivity index (χ3v) is 5.92.